The van der Waals surface area contributed by atoms with Crippen LogP contribution in [0.2, 0.25) is 0 Å². The van der Waals surface area contributed by atoms with E-state index in [0.29, 0.717) is 13.2 Å². The van der Waals surface area contributed by atoms with Crippen LogP contribution in [0.25, 0.3) is 0 Å². The molecule has 0 bridgehead atoms. The molecule has 0 aromatic rings. The van der Waals surface area contributed by atoms with Crippen molar-refractivity contribution in [2.24, 2.45) is 5.41 Å². The maximum Gasteiger partial charge on any atom is 0.322 e. The van der Waals surface area contributed by atoms with Crippen LogP contribution in [0.5, 0.6) is 0 Å². The molecular formula is C13H24O4. The first-order valence-corrected chi connectivity index (χ1v) is 6.31. The lowest BCUT2D eigenvalue weighted by Gasteiger charge is -2.20. The molecular weight excluding hydrogens is 220 g/mol. The highest BCUT2D eigenvalue weighted by atomic mass is 16.6. The van der Waals surface area contributed by atoms with Crippen molar-refractivity contribution in [1.29, 1.82) is 0 Å². The SMILES string of the molecule is CCCCOC(=O)C(C)(C)C(=O)OCCCC. The summed E-state index contributed by atoms with van der Waals surface area (Å²) in [6, 6.07) is 0. The van der Waals surface area contributed by atoms with Gasteiger partial charge in [-0.25, -0.2) is 0 Å². The Labute approximate surface area is 104 Å². The van der Waals surface area contributed by atoms with E-state index >= 15 is 0 Å². The first kappa shape index (κ1) is 15.9. The average molecular weight is 244 g/mol. The van der Waals surface area contributed by atoms with Gasteiger partial charge in [-0.2, -0.15) is 0 Å². The summed E-state index contributed by atoms with van der Waals surface area (Å²) in [5, 5.41) is 0. The number of rotatable bonds is 8. The quantitative estimate of drug-likeness (QED) is 0.374. The Morgan fingerprint density at radius 3 is 1.53 bits per heavy atom. The third-order valence-electron chi connectivity index (χ3n) is 2.48. The van der Waals surface area contributed by atoms with Crippen LogP contribution in [-0.2, 0) is 19.1 Å². The van der Waals surface area contributed by atoms with Gasteiger partial charge in [-0.3, -0.25) is 9.59 Å². The highest BCUT2D eigenvalue weighted by molar-refractivity contribution is 5.99. The molecule has 0 saturated heterocycles. The summed E-state index contributed by atoms with van der Waals surface area (Å²) >= 11 is 0. The van der Waals surface area contributed by atoms with E-state index in [1.807, 2.05) is 13.8 Å². The van der Waals surface area contributed by atoms with Gasteiger partial charge in [-0.05, 0) is 26.7 Å². The minimum atomic E-state index is -1.21. The number of ether oxygens (including phenoxy) is 2. The highest BCUT2D eigenvalue weighted by Crippen LogP contribution is 2.20. The van der Waals surface area contributed by atoms with E-state index in [2.05, 4.69) is 0 Å². The second-order valence-electron chi connectivity index (χ2n) is 4.60. The van der Waals surface area contributed by atoms with E-state index in [-0.39, 0.29) is 0 Å². The highest BCUT2D eigenvalue weighted by Gasteiger charge is 2.39. The van der Waals surface area contributed by atoms with Gasteiger partial charge < -0.3 is 9.47 Å². The summed E-state index contributed by atoms with van der Waals surface area (Å²) in [4.78, 5) is 23.4. The van der Waals surface area contributed by atoms with Crippen molar-refractivity contribution >= 4 is 11.9 Å². The van der Waals surface area contributed by atoms with Crippen LogP contribution in [0.15, 0.2) is 0 Å². The fourth-order valence-corrected chi connectivity index (χ4v) is 1.06. The average Bonchev–Trinajstić information content (AvgIpc) is 2.29. The van der Waals surface area contributed by atoms with Crippen molar-refractivity contribution in [2.45, 2.75) is 53.4 Å². The molecule has 0 N–H and O–H groups in total. The van der Waals surface area contributed by atoms with Crippen molar-refractivity contribution in [2.75, 3.05) is 13.2 Å². The fraction of sp³-hybridized carbons (Fsp3) is 0.846. The molecule has 0 aliphatic carbocycles. The number of carbonyl (C=O) groups is 2. The Bertz CT molecular complexity index is 222. The maximum atomic E-state index is 11.7. The predicted molar refractivity (Wildman–Crippen MR) is 65.5 cm³/mol. The normalized spacial score (nSPS) is 11.1. The van der Waals surface area contributed by atoms with Crippen LogP contribution in [0.4, 0.5) is 0 Å². The monoisotopic (exact) mass is 244 g/mol. The van der Waals surface area contributed by atoms with Crippen LogP contribution in [0, 0.1) is 5.41 Å². The first-order valence-electron chi connectivity index (χ1n) is 6.31. The predicted octanol–water partition coefficient (Wildman–Crippen LogP) is 2.70. The van der Waals surface area contributed by atoms with Gasteiger partial charge in [0, 0.05) is 0 Å². The smallest absolute Gasteiger partial charge is 0.322 e. The summed E-state index contributed by atoms with van der Waals surface area (Å²) in [5.74, 6) is -1.01. The molecule has 0 heterocycles. The molecule has 0 aromatic heterocycles. The zero-order valence-corrected chi connectivity index (χ0v) is 11.4. The summed E-state index contributed by atoms with van der Waals surface area (Å²) in [5.41, 5.74) is -1.21. The third kappa shape index (κ3) is 5.71. The van der Waals surface area contributed by atoms with Gasteiger partial charge in [-0.15, -0.1) is 0 Å². The Balaban J connectivity index is 4.13. The van der Waals surface area contributed by atoms with E-state index in [4.69, 9.17) is 9.47 Å². The van der Waals surface area contributed by atoms with Crippen molar-refractivity contribution in [3.05, 3.63) is 0 Å². The number of hydrogen-bond donors (Lipinski definition) is 0. The van der Waals surface area contributed by atoms with Crippen LogP contribution < -0.4 is 0 Å². The molecule has 0 saturated carbocycles. The summed E-state index contributed by atoms with van der Waals surface area (Å²) in [7, 11) is 0. The molecule has 17 heavy (non-hydrogen) atoms. The first-order chi connectivity index (χ1) is 7.96. The molecule has 0 rings (SSSR count). The van der Waals surface area contributed by atoms with Gasteiger partial charge in [-0.1, -0.05) is 26.7 Å². The van der Waals surface area contributed by atoms with Crippen LogP contribution >= 0.6 is 0 Å². The van der Waals surface area contributed by atoms with E-state index < -0.39 is 17.4 Å². The fourth-order valence-electron chi connectivity index (χ4n) is 1.06. The molecule has 100 valence electrons. The maximum absolute atomic E-state index is 11.7. The summed E-state index contributed by atoms with van der Waals surface area (Å²) in [6.07, 6.45) is 3.53. The molecule has 0 aliphatic rings. The largest absolute Gasteiger partial charge is 0.465 e. The van der Waals surface area contributed by atoms with E-state index in [1.54, 1.807) is 0 Å². The Hall–Kier alpha value is -1.06. The van der Waals surface area contributed by atoms with Crippen molar-refractivity contribution in [3.8, 4) is 0 Å². The Morgan fingerprint density at radius 1 is 0.882 bits per heavy atom. The standard InChI is InChI=1S/C13H24O4/c1-5-7-9-16-11(14)13(3,4)12(15)17-10-8-6-2/h5-10H2,1-4H3. The molecule has 0 spiro atoms. The Morgan fingerprint density at radius 2 is 1.24 bits per heavy atom. The van der Waals surface area contributed by atoms with E-state index in [0.717, 1.165) is 25.7 Å². The summed E-state index contributed by atoms with van der Waals surface area (Å²) in [6.45, 7) is 7.82. The van der Waals surface area contributed by atoms with Gasteiger partial charge in [0.2, 0.25) is 0 Å². The van der Waals surface area contributed by atoms with Gasteiger partial charge in [0.05, 0.1) is 13.2 Å². The van der Waals surface area contributed by atoms with Crippen LogP contribution in [-0.4, -0.2) is 25.2 Å². The number of carbonyl (C=O) groups excluding carboxylic acids is 2. The van der Waals surface area contributed by atoms with Crippen molar-refractivity contribution < 1.29 is 19.1 Å². The zero-order chi connectivity index (χ0) is 13.3. The van der Waals surface area contributed by atoms with Crippen molar-refractivity contribution in [1.82, 2.24) is 0 Å². The lowest BCUT2D eigenvalue weighted by Crippen LogP contribution is -2.37. The second kappa shape index (κ2) is 8.09. The molecule has 0 amide bonds. The molecule has 0 aromatic carbocycles. The molecule has 4 nitrogen and oxygen atoms in total. The van der Waals surface area contributed by atoms with E-state index in [9.17, 15) is 9.59 Å². The van der Waals surface area contributed by atoms with Gasteiger partial charge >= 0.3 is 11.9 Å². The number of unbranched alkanes of at least 4 members (excludes halogenated alkanes) is 2. The lowest BCUT2D eigenvalue weighted by atomic mass is 9.94. The minimum absolute atomic E-state index is 0.362. The number of hydrogen-bond acceptors (Lipinski definition) is 4. The molecule has 0 atom stereocenters. The molecule has 0 radical (unpaired) electrons. The second-order valence-corrected chi connectivity index (χ2v) is 4.60. The van der Waals surface area contributed by atoms with Gasteiger partial charge in [0.15, 0.2) is 5.41 Å². The third-order valence-corrected chi connectivity index (χ3v) is 2.48. The van der Waals surface area contributed by atoms with Crippen LogP contribution in [0.1, 0.15) is 53.4 Å². The van der Waals surface area contributed by atoms with Crippen molar-refractivity contribution in [3.63, 3.8) is 0 Å². The molecule has 0 unspecified atom stereocenters. The van der Waals surface area contributed by atoms with Crippen LogP contribution in [0.3, 0.4) is 0 Å². The molecule has 0 aliphatic heterocycles. The number of esters is 2. The minimum Gasteiger partial charge on any atom is -0.465 e. The van der Waals surface area contributed by atoms with Gasteiger partial charge in [0.25, 0.3) is 0 Å². The van der Waals surface area contributed by atoms with E-state index in [1.165, 1.54) is 13.8 Å². The molecule has 4 heteroatoms. The summed E-state index contributed by atoms with van der Waals surface area (Å²) < 4.78 is 10.1. The lowest BCUT2D eigenvalue weighted by molar-refractivity contribution is -0.169. The molecule has 0 fully saturated rings. The zero-order valence-electron chi connectivity index (χ0n) is 11.4. The van der Waals surface area contributed by atoms with Gasteiger partial charge in [0.1, 0.15) is 0 Å². The topological polar surface area (TPSA) is 52.6 Å². The Kier molecular flexibility index (Phi) is 7.59.